The molecule has 5 heteroatoms. The van der Waals surface area contributed by atoms with Crippen LogP contribution in [0, 0.1) is 0 Å². The summed E-state index contributed by atoms with van der Waals surface area (Å²) >= 11 is 0. The summed E-state index contributed by atoms with van der Waals surface area (Å²) in [4.78, 5) is 7.23. The second kappa shape index (κ2) is 13.8. The van der Waals surface area contributed by atoms with Gasteiger partial charge in [-0.1, -0.05) is 133 Å². The predicted octanol–water partition coefficient (Wildman–Crippen LogP) is 15.3. The van der Waals surface area contributed by atoms with Gasteiger partial charge in [0.25, 0.3) is 0 Å². The number of aromatic nitrogens is 2. The lowest BCUT2D eigenvalue weighted by atomic mass is 10.00. The molecule has 0 aliphatic heterocycles. The van der Waals surface area contributed by atoms with Gasteiger partial charge in [0.1, 0.15) is 16.7 Å². The summed E-state index contributed by atoms with van der Waals surface area (Å²) in [6, 6.07) is 74.8. The Morgan fingerprint density at radius 1 is 0.400 bits per heavy atom. The molecule has 0 amide bonds. The van der Waals surface area contributed by atoms with Gasteiger partial charge in [-0.3, -0.25) is 0 Å². The van der Waals surface area contributed by atoms with Gasteiger partial charge < -0.3 is 18.3 Å². The Kier molecular flexibility index (Phi) is 7.78. The van der Waals surface area contributed by atoms with Crippen molar-refractivity contribution in [3.05, 3.63) is 212 Å². The Morgan fingerprint density at radius 2 is 1.05 bits per heavy atom. The van der Waals surface area contributed by atoms with Crippen molar-refractivity contribution in [2.24, 2.45) is 0 Å². The van der Waals surface area contributed by atoms with Crippen molar-refractivity contribution in [3.8, 4) is 39.4 Å². The highest BCUT2D eigenvalue weighted by Crippen LogP contribution is 2.46. The standard InChI is InChI=1S/C55H35N3O2/c1-4-15-37(16-5-1)42-21-10-12-24-48(42)57(50-26-14-23-45-43-22-11-13-25-49(43)58(54(45)50)40-19-8-3-9-20-40)41-30-27-36(28-31-41)39-29-32-44-46-34-47-53(35-52(46)59-51(44)33-39)60-55(56-47)38-17-6-2-7-18-38/h1-35H. The van der Waals surface area contributed by atoms with Crippen LogP contribution in [0.3, 0.4) is 0 Å². The van der Waals surface area contributed by atoms with E-state index in [0.717, 1.165) is 83.5 Å². The van der Waals surface area contributed by atoms with E-state index in [-0.39, 0.29) is 0 Å². The van der Waals surface area contributed by atoms with Gasteiger partial charge in [0.15, 0.2) is 5.58 Å². The third-order valence-corrected chi connectivity index (χ3v) is 11.6. The highest BCUT2D eigenvalue weighted by Gasteiger charge is 2.23. The molecule has 60 heavy (non-hydrogen) atoms. The van der Waals surface area contributed by atoms with Crippen LogP contribution in [-0.2, 0) is 0 Å². The number of furan rings is 1. The average Bonchev–Trinajstić information content (AvgIpc) is 4.01. The van der Waals surface area contributed by atoms with Crippen molar-refractivity contribution in [2.45, 2.75) is 0 Å². The van der Waals surface area contributed by atoms with Crippen LogP contribution in [0.25, 0.3) is 94.2 Å². The number of rotatable bonds is 7. The number of fused-ring (bicyclic) bond motifs is 7. The van der Waals surface area contributed by atoms with E-state index >= 15 is 0 Å². The Balaban J connectivity index is 0.999. The number of hydrogen-bond donors (Lipinski definition) is 0. The Hall–Kier alpha value is -8.15. The van der Waals surface area contributed by atoms with Gasteiger partial charge in [0, 0.05) is 50.1 Å². The van der Waals surface area contributed by atoms with E-state index in [1.54, 1.807) is 0 Å². The quantitative estimate of drug-likeness (QED) is 0.162. The fourth-order valence-electron chi connectivity index (χ4n) is 8.85. The van der Waals surface area contributed by atoms with Gasteiger partial charge in [-0.15, -0.1) is 0 Å². The zero-order valence-electron chi connectivity index (χ0n) is 32.4. The van der Waals surface area contributed by atoms with Crippen molar-refractivity contribution >= 4 is 71.9 Å². The van der Waals surface area contributed by atoms with Gasteiger partial charge in [0.05, 0.1) is 22.4 Å². The van der Waals surface area contributed by atoms with Crippen molar-refractivity contribution < 1.29 is 8.83 Å². The fraction of sp³-hybridized carbons (Fsp3) is 0. The summed E-state index contributed by atoms with van der Waals surface area (Å²) in [7, 11) is 0. The molecular formula is C55H35N3O2. The fourth-order valence-corrected chi connectivity index (χ4v) is 8.85. The first kappa shape index (κ1) is 33.9. The molecule has 9 aromatic carbocycles. The van der Waals surface area contributed by atoms with Crippen molar-refractivity contribution in [2.75, 3.05) is 4.90 Å². The number of anilines is 3. The van der Waals surface area contributed by atoms with Gasteiger partial charge in [-0.2, -0.15) is 0 Å². The normalized spacial score (nSPS) is 11.7. The number of oxazole rings is 1. The lowest BCUT2D eigenvalue weighted by Crippen LogP contribution is -2.12. The molecule has 0 saturated carbocycles. The van der Waals surface area contributed by atoms with Crippen LogP contribution in [0.5, 0.6) is 0 Å². The molecule has 0 N–H and O–H groups in total. The van der Waals surface area contributed by atoms with Crippen molar-refractivity contribution in [3.63, 3.8) is 0 Å². The monoisotopic (exact) mass is 769 g/mol. The summed E-state index contributed by atoms with van der Waals surface area (Å²) in [5.41, 5.74) is 15.2. The van der Waals surface area contributed by atoms with E-state index in [1.165, 1.54) is 16.3 Å². The topological polar surface area (TPSA) is 47.3 Å². The molecule has 0 saturated heterocycles. The zero-order valence-corrected chi connectivity index (χ0v) is 32.4. The molecule has 3 aromatic heterocycles. The Morgan fingerprint density at radius 3 is 1.87 bits per heavy atom. The molecule has 0 aliphatic rings. The first-order chi connectivity index (χ1) is 29.7. The Bertz CT molecular complexity index is 3530. The van der Waals surface area contributed by atoms with Gasteiger partial charge in [-0.25, -0.2) is 4.98 Å². The summed E-state index contributed by atoms with van der Waals surface area (Å²) < 4.78 is 15.1. The number of nitrogens with zero attached hydrogens (tertiary/aromatic N) is 3. The maximum Gasteiger partial charge on any atom is 0.227 e. The third kappa shape index (κ3) is 5.52. The van der Waals surface area contributed by atoms with Crippen LogP contribution in [0.2, 0.25) is 0 Å². The van der Waals surface area contributed by atoms with Gasteiger partial charge in [-0.05, 0) is 89.5 Å². The van der Waals surface area contributed by atoms with Crippen molar-refractivity contribution in [1.29, 1.82) is 0 Å². The molecule has 5 nitrogen and oxygen atoms in total. The molecule has 0 unspecified atom stereocenters. The molecule has 0 bridgehead atoms. The summed E-state index contributed by atoms with van der Waals surface area (Å²) in [6.07, 6.45) is 0. The minimum absolute atomic E-state index is 0.602. The smallest absolute Gasteiger partial charge is 0.227 e. The second-order valence-electron chi connectivity index (χ2n) is 15.1. The molecule has 0 atom stereocenters. The molecule has 12 rings (SSSR count). The zero-order chi connectivity index (χ0) is 39.6. The highest BCUT2D eigenvalue weighted by molar-refractivity contribution is 6.15. The van der Waals surface area contributed by atoms with E-state index in [4.69, 9.17) is 13.8 Å². The van der Waals surface area contributed by atoms with E-state index < -0.39 is 0 Å². The maximum atomic E-state index is 6.49. The average molecular weight is 770 g/mol. The summed E-state index contributed by atoms with van der Waals surface area (Å²) in [6.45, 7) is 0. The van der Waals surface area contributed by atoms with Gasteiger partial charge in [0.2, 0.25) is 5.89 Å². The highest BCUT2D eigenvalue weighted by atomic mass is 16.4. The van der Waals surface area contributed by atoms with Crippen LogP contribution in [-0.4, -0.2) is 9.55 Å². The first-order valence-electron chi connectivity index (χ1n) is 20.2. The largest absolute Gasteiger partial charge is 0.456 e. The maximum absolute atomic E-state index is 6.49. The summed E-state index contributed by atoms with van der Waals surface area (Å²) in [5.74, 6) is 0.602. The SMILES string of the molecule is c1ccc(-c2nc3cc4c(cc3o2)oc2cc(-c3ccc(N(c5ccccc5-c5ccccc5)c5cccc6c7ccccc7n(-c7ccccc7)c56)cc3)ccc24)cc1. The van der Waals surface area contributed by atoms with E-state index in [1.807, 2.05) is 36.4 Å². The van der Waals surface area contributed by atoms with E-state index in [2.05, 4.69) is 185 Å². The van der Waals surface area contributed by atoms with Crippen LogP contribution in [0.4, 0.5) is 17.1 Å². The van der Waals surface area contributed by atoms with E-state index in [9.17, 15) is 0 Å². The van der Waals surface area contributed by atoms with Crippen LogP contribution >= 0.6 is 0 Å². The molecule has 12 aromatic rings. The molecule has 0 spiro atoms. The molecular weight excluding hydrogens is 735 g/mol. The Labute approximate surface area is 345 Å². The number of para-hydroxylation sites is 4. The van der Waals surface area contributed by atoms with E-state index in [0.29, 0.717) is 11.5 Å². The molecule has 0 fully saturated rings. The van der Waals surface area contributed by atoms with Gasteiger partial charge >= 0.3 is 0 Å². The lowest BCUT2D eigenvalue weighted by Gasteiger charge is -2.29. The van der Waals surface area contributed by atoms with Crippen LogP contribution in [0.15, 0.2) is 221 Å². The van der Waals surface area contributed by atoms with Crippen LogP contribution < -0.4 is 4.90 Å². The molecule has 0 aliphatic carbocycles. The van der Waals surface area contributed by atoms with Crippen LogP contribution in [0.1, 0.15) is 0 Å². The minimum Gasteiger partial charge on any atom is -0.456 e. The van der Waals surface area contributed by atoms with Crippen molar-refractivity contribution in [1.82, 2.24) is 9.55 Å². The number of benzene rings is 9. The molecule has 282 valence electrons. The third-order valence-electron chi connectivity index (χ3n) is 11.6. The molecule has 3 heterocycles. The first-order valence-corrected chi connectivity index (χ1v) is 20.2. The second-order valence-corrected chi connectivity index (χ2v) is 15.1. The minimum atomic E-state index is 0.602. The molecule has 0 radical (unpaired) electrons. The lowest BCUT2D eigenvalue weighted by molar-refractivity contribution is 0.617. The predicted molar refractivity (Wildman–Crippen MR) is 247 cm³/mol. The summed E-state index contributed by atoms with van der Waals surface area (Å²) in [5, 5.41) is 4.47. The number of hydrogen-bond acceptors (Lipinski definition) is 4.